The molecule has 4 aromatic rings. The van der Waals surface area contributed by atoms with Crippen molar-refractivity contribution in [3.8, 4) is 17.1 Å². The van der Waals surface area contributed by atoms with Crippen molar-refractivity contribution in [3.63, 3.8) is 0 Å². The molecule has 0 unspecified atom stereocenters. The zero-order valence-electron chi connectivity index (χ0n) is 13.5. The summed E-state index contributed by atoms with van der Waals surface area (Å²) in [4.78, 5) is 17.4. The summed E-state index contributed by atoms with van der Waals surface area (Å²) in [7, 11) is 1.62. The lowest BCUT2D eigenvalue weighted by atomic mass is 10.3. The number of rotatable bonds is 4. The zero-order valence-corrected chi connectivity index (χ0v) is 16.7. The van der Waals surface area contributed by atoms with Crippen LogP contribution in [0.3, 0.4) is 0 Å². The Kier molecular flexibility index (Phi) is 4.56. The number of hydrogen-bond acceptors (Lipinski definition) is 6. The third-order valence-electron chi connectivity index (χ3n) is 3.69. The van der Waals surface area contributed by atoms with E-state index in [9.17, 15) is 0 Å². The molecule has 0 aliphatic rings. The first-order chi connectivity index (χ1) is 12.7. The minimum atomic E-state index is 0.466. The highest BCUT2D eigenvalue weighted by Gasteiger charge is 2.12. The standard InChI is InChI=1S/C17H12Br2N6O/c1-26-10-7-11(18)15(12(19)8-10)24-16-20-5-3-13(23-16)14-9-22-17-21-4-2-6-25(14)17/h2-9H,1H3,(H,20,23,24). The molecule has 0 atom stereocenters. The van der Waals surface area contributed by atoms with Gasteiger partial charge >= 0.3 is 0 Å². The Morgan fingerprint density at radius 2 is 1.88 bits per heavy atom. The normalized spacial score (nSPS) is 10.9. The van der Waals surface area contributed by atoms with Gasteiger partial charge in [0.1, 0.15) is 5.75 Å². The minimum absolute atomic E-state index is 0.466. The van der Waals surface area contributed by atoms with E-state index in [-0.39, 0.29) is 0 Å². The molecule has 0 spiro atoms. The van der Waals surface area contributed by atoms with Gasteiger partial charge in [-0.25, -0.2) is 19.9 Å². The van der Waals surface area contributed by atoms with Gasteiger partial charge in [-0.05, 0) is 56.1 Å². The highest BCUT2D eigenvalue weighted by atomic mass is 79.9. The summed E-state index contributed by atoms with van der Waals surface area (Å²) >= 11 is 7.07. The predicted molar refractivity (Wildman–Crippen MR) is 106 cm³/mol. The van der Waals surface area contributed by atoms with Crippen LogP contribution in [0.25, 0.3) is 17.2 Å². The SMILES string of the molecule is COc1cc(Br)c(Nc2nccc(-c3cnc4ncccn34)n2)c(Br)c1. The Morgan fingerprint density at radius 1 is 1.08 bits per heavy atom. The molecule has 0 fully saturated rings. The van der Waals surface area contributed by atoms with Crippen LogP contribution in [0.1, 0.15) is 0 Å². The van der Waals surface area contributed by atoms with E-state index < -0.39 is 0 Å². The molecule has 0 aliphatic carbocycles. The fourth-order valence-electron chi connectivity index (χ4n) is 2.48. The molecule has 7 nitrogen and oxygen atoms in total. The predicted octanol–water partition coefficient (Wildman–Crippen LogP) is 4.46. The van der Waals surface area contributed by atoms with Crippen molar-refractivity contribution < 1.29 is 4.74 Å². The van der Waals surface area contributed by atoms with E-state index in [0.717, 1.165) is 31.8 Å². The van der Waals surface area contributed by atoms with Crippen LogP contribution in [0.4, 0.5) is 11.6 Å². The minimum Gasteiger partial charge on any atom is -0.497 e. The number of aromatic nitrogens is 5. The summed E-state index contributed by atoms with van der Waals surface area (Å²) < 4.78 is 8.80. The number of hydrogen-bond donors (Lipinski definition) is 1. The smallest absolute Gasteiger partial charge is 0.234 e. The van der Waals surface area contributed by atoms with Crippen LogP contribution in [-0.4, -0.2) is 31.4 Å². The van der Waals surface area contributed by atoms with Crippen LogP contribution in [0.2, 0.25) is 0 Å². The van der Waals surface area contributed by atoms with Crippen LogP contribution in [0, 0.1) is 0 Å². The monoisotopic (exact) mass is 474 g/mol. The number of ether oxygens (including phenoxy) is 1. The van der Waals surface area contributed by atoms with Crippen molar-refractivity contribution in [3.05, 3.63) is 58.0 Å². The molecule has 0 saturated carbocycles. The van der Waals surface area contributed by atoms with E-state index >= 15 is 0 Å². The molecule has 0 aliphatic heterocycles. The van der Waals surface area contributed by atoms with Gasteiger partial charge in [0.2, 0.25) is 11.7 Å². The topological polar surface area (TPSA) is 77.2 Å². The van der Waals surface area contributed by atoms with Gasteiger partial charge in [0.15, 0.2) is 0 Å². The molecule has 9 heteroatoms. The number of benzene rings is 1. The highest BCUT2D eigenvalue weighted by Crippen LogP contribution is 2.36. The van der Waals surface area contributed by atoms with Gasteiger partial charge < -0.3 is 10.1 Å². The summed E-state index contributed by atoms with van der Waals surface area (Å²) in [5.74, 6) is 1.83. The van der Waals surface area contributed by atoms with Crippen LogP contribution >= 0.6 is 31.9 Å². The van der Waals surface area contributed by atoms with Crippen LogP contribution < -0.4 is 10.1 Å². The Balaban J connectivity index is 1.71. The van der Waals surface area contributed by atoms with Crippen LogP contribution in [0.5, 0.6) is 5.75 Å². The Morgan fingerprint density at radius 3 is 2.65 bits per heavy atom. The van der Waals surface area contributed by atoms with Crippen molar-refractivity contribution in [2.45, 2.75) is 0 Å². The lowest BCUT2D eigenvalue weighted by molar-refractivity contribution is 0.414. The second kappa shape index (κ2) is 7.00. The first-order valence-corrected chi connectivity index (χ1v) is 9.16. The van der Waals surface area contributed by atoms with Crippen molar-refractivity contribution in [2.24, 2.45) is 0 Å². The van der Waals surface area contributed by atoms with Gasteiger partial charge in [-0.15, -0.1) is 0 Å². The van der Waals surface area contributed by atoms with Crippen LogP contribution in [-0.2, 0) is 0 Å². The van der Waals surface area contributed by atoms with Gasteiger partial charge in [0, 0.05) is 27.5 Å². The van der Waals surface area contributed by atoms with E-state index in [2.05, 4.69) is 57.1 Å². The molecule has 1 aromatic carbocycles. The number of halogens is 2. The first kappa shape index (κ1) is 16.9. The number of nitrogens with zero attached hydrogens (tertiary/aromatic N) is 5. The molecule has 0 amide bonds. The molecule has 0 saturated heterocycles. The average Bonchev–Trinajstić information content (AvgIpc) is 3.09. The van der Waals surface area contributed by atoms with Gasteiger partial charge in [-0.2, -0.15) is 0 Å². The molecule has 1 N–H and O–H groups in total. The summed E-state index contributed by atoms with van der Waals surface area (Å²) in [6, 6.07) is 7.42. The maximum absolute atomic E-state index is 5.26. The Bertz CT molecular complexity index is 1070. The van der Waals surface area contributed by atoms with E-state index in [1.165, 1.54) is 0 Å². The summed E-state index contributed by atoms with van der Waals surface area (Å²) in [6.07, 6.45) is 7.05. The van der Waals surface area contributed by atoms with E-state index in [1.54, 1.807) is 25.7 Å². The fraction of sp³-hybridized carbons (Fsp3) is 0.0588. The van der Waals surface area contributed by atoms with Gasteiger partial charge in [0.05, 0.1) is 30.4 Å². The van der Waals surface area contributed by atoms with Crippen LogP contribution in [0.15, 0.2) is 58.0 Å². The third-order valence-corrected chi connectivity index (χ3v) is 4.95. The number of fused-ring (bicyclic) bond motifs is 1. The molecule has 4 rings (SSSR count). The number of methoxy groups -OCH3 is 1. The molecule has 0 radical (unpaired) electrons. The number of nitrogens with one attached hydrogen (secondary N) is 1. The maximum atomic E-state index is 5.26. The molecule has 3 heterocycles. The van der Waals surface area contributed by atoms with E-state index in [4.69, 9.17) is 4.74 Å². The summed E-state index contributed by atoms with van der Waals surface area (Å²) in [5, 5.41) is 3.23. The lowest BCUT2D eigenvalue weighted by Gasteiger charge is -2.12. The molecule has 0 bridgehead atoms. The van der Waals surface area contributed by atoms with Gasteiger partial charge in [-0.1, -0.05) is 0 Å². The molecular formula is C17H12Br2N6O. The average molecular weight is 476 g/mol. The molecule has 3 aromatic heterocycles. The quantitative estimate of drug-likeness (QED) is 0.469. The van der Waals surface area contributed by atoms with Crippen molar-refractivity contribution in [2.75, 3.05) is 12.4 Å². The lowest BCUT2D eigenvalue weighted by Crippen LogP contribution is -2.00. The van der Waals surface area contributed by atoms with Crippen molar-refractivity contribution in [1.29, 1.82) is 0 Å². The Hall–Kier alpha value is -2.52. The highest BCUT2D eigenvalue weighted by molar-refractivity contribution is 9.11. The third kappa shape index (κ3) is 3.15. The second-order valence-corrected chi connectivity index (χ2v) is 7.00. The van der Waals surface area contributed by atoms with E-state index in [1.807, 2.05) is 34.9 Å². The second-order valence-electron chi connectivity index (χ2n) is 5.29. The zero-order chi connectivity index (χ0) is 18.1. The Labute approximate surface area is 165 Å². The largest absolute Gasteiger partial charge is 0.497 e. The molecular weight excluding hydrogens is 464 g/mol. The number of imidazole rings is 1. The molecule has 130 valence electrons. The summed E-state index contributed by atoms with van der Waals surface area (Å²) in [6.45, 7) is 0. The van der Waals surface area contributed by atoms with Gasteiger partial charge in [-0.3, -0.25) is 4.40 Å². The van der Waals surface area contributed by atoms with Crippen molar-refractivity contribution in [1.82, 2.24) is 24.3 Å². The van der Waals surface area contributed by atoms with Gasteiger partial charge in [0.25, 0.3) is 0 Å². The number of anilines is 2. The fourth-order valence-corrected chi connectivity index (χ4v) is 3.82. The van der Waals surface area contributed by atoms with E-state index in [0.29, 0.717) is 11.7 Å². The first-order valence-electron chi connectivity index (χ1n) is 7.57. The molecule has 26 heavy (non-hydrogen) atoms. The summed E-state index contributed by atoms with van der Waals surface area (Å²) in [5.41, 5.74) is 2.39. The van der Waals surface area contributed by atoms with Crippen molar-refractivity contribution >= 4 is 49.3 Å². The maximum Gasteiger partial charge on any atom is 0.234 e.